The normalized spacial score (nSPS) is 20.1. The van der Waals surface area contributed by atoms with Gasteiger partial charge in [0.25, 0.3) is 0 Å². The van der Waals surface area contributed by atoms with Crippen LogP contribution in [0, 0.1) is 5.92 Å². The van der Waals surface area contributed by atoms with Crippen molar-refractivity contribution < 1.29 is 4.21 Å². The SMILES string of the molecule is CNC(CS(=O)Cc1ccccc1)C1CCCCC1. The van der Waals surface area contributed by atoms with Crippen molar-refractivity contribution >= 4 is 10.8 Å². The number of benzene rings is 1. The molecule has 0 amide bonds. The lowest BCUT2D eigenvalue weighted by atomic mass is 9.84. The Bertz CT molecular complexity index is 387. The van der Waals surface area contributed by atoms with Crippen molar-refractivity contribution in [3.05, 3.63) is 35.9 Å². The Morgan fingerprint density at radius 1 is 1.21 bits per heavy atom. The fourth-order valence-electron chi connectivity index (χ4n) is 3.01. The maximum Gasteiger partial charge on any atom is 0.0486 e. The summed E-state index contributed by atoms with van der Waals surface area (Å²) < 4.78 is 12.3. The highest BCUT2D eigenvalue weighted by Crippen LogP contribution is 2.27. The predicted molar refractivity (Wildman–Crippen MR) is 82.6 cm³/mol. The van der Waals surface area contributed by atoms with Crippen LogP contribution in [0.4, 0.5) is 0 Å². The summed E-state index contributed by atoms with van der Waals surface area (Å²) in [5.74, 6) is 2.19. The molecule has 0 heterocycles. The number of rotatable bonds is 6. The fourth-order valence-corrected chi connectivity index (χ4v) is 4.53. The summed E-state index contributed by atoms with van der Waals surface area (Å²) in [5, 5.41) is 3.40. The first-order valence-electron chi connectivity index (χ1n) is 7.36. The molecule has 0 aromatic heterocycles. The average molecular weight is 279 g/mol. The van der Waals surface area contributed by atoms with E-state index in [2.05, 4.69) is 17.4 Å². The monoisotopic (exact) mass is 279 g/mol. The quantitative estimate of drug-likeness (QED) is 0.867. The first kappa shape index (κ1) is 14.7. The van der Waals surface area contributed by atoms with Gasteiger partial charge in [0, 0.05) is 28.3 Å². The number of nitrogens with one attached hydrogen (secondary N) is 1. The van der Waals surface area contributed by atoms with E-state index in [0.29, 0.717) is 11.8 Å². The lowest BCUT2D eigenvalue weighted by molar-refractivity contribution is 0.294. The molecule has 2 nitrogen and oxygen atoms in total. The van der Waals surface area contributed by atoms with E-state index in [-0.39, 0.29) is 0 Å². The average Bonchev–Trinajstić information content (AvgIpc) is 2.47. The topological polar surface area (TPSA) is 29.1 Å². The third-order valence-electron chi connectivity index (χ3n) is 4.13. The molecule has 19 heavy (non-hydrogen) atoms. The molecule has 1 aliphatic rings. The van der Waals surface area contributed by atoms with E-state index in [1.54, 1.807) is 0 Å². The lowest BCUT2D eigenvalue weighted by Crippen LogP contribution is -2.39. The molecule has 1 N–H and O–H groups in total. The molecule has 1 saturated carbocycles. The highest BCUT2D eigenvalue weighted by atomic mass is 32.2. The van der Waals surface area contributed by atoms with Gasteiger partial charge >= 0.3 is 0 Å². The van der Waals surface area contributed by atoms with Gasteiger partial charge in [-0.25, -0.2) is 0 Å². The Hall–Kier alpha value is -0.670. The molecular formula is C16H25NOS. The summed E-state index contributed by atoms with van der Waals surface area (Å²) in [5.41, 5.74) is 1.18. The molecular weight excluding hydrogens is 254 g/mol. The summed E-state index contributed by atoms with van der Waals surface area (Å²) in [7, 11) is 1.25. The van der Waals surface area contributed by atoms with Gasteiger partial charge in [0.05, 0.1) is 0 Å². The first-order valence-corrected chi connectivity index (χ1v) is 8.84. The van der Waals surface area contributed by atoms with Crippen molar-refractivity contribution in [3.8, 4) is 0 Å². The summed E-state index contributed by atoms with van der Waals surface area (Å²) in [4.78, 5) is 0. The van der Waals surface area contributed by atoms with Crippen LogP contribution in [-0.4, -0.2) is 23.1 Å². The van der Waals surface area contributed by atoms with Crippen LogP contribution in [0.15, 0.2) is 30.3 Å². The zero-order valence-electron chi connectivity index (χ0n) is 11.8. The van der Waals surface area contributed by atoms with Gasteiger partial charge in [-0.05, 0) is 31.4 Å². The molecule has 0 bridgehead atoms. The Morgan fingerprint density at radius 3 is 2.53 bits per heavy atom. The van der Waals surface area contributed by atoms with Crippen molar-refractivity contribution in [2.45, 2.75) is 43.9 Å². The van der Waals surface area contributed by atoms with Gasteiger partial charge in [0.1, 0.15) is 0 Å². The molecule has 2 unspecified atom stereocenters. The molecule has 1 aliphatic carbocycles. The molecule has 0 saturated heterocycles. The molecule has 2 rings (SSSR count). The zero-order valence-corrected chi connectivity index (χ0v) is 12.6. The fraction of sp³-hybridized carbons (Fsp3) is 0.625. The summed E-state index contributed by atoms with van der Waals surface area (Å²) >= 11 is 0. The summed E-state index contributed by atoms with van der Waals surface area (Å²) in [6.07, 6.45) is 6.66. The van der Waals surface area contributed by atoms with Gasteiger partial charge in [-0.15, -0.1) is 0 Å². The molecule has 1 aromatic rings. The van der Waals surface area contributed by atoms with Crippen LogP contribution in [0.5, 0.6) is 0 Å². The Kier molecular flexibility index (Phi) is 6.05. The van der Waals surface area contributed by atoms with Gasteiger partial charge in [-0.3, -0.25) is 4.21 Å². The van der Waals surface area contributed by atoms with Gasteiger partial charge in [0.2, 0.25) is 0 Å². The van der Waals surface area contributed by atoms with E-state index in [1.807, 2.05) is 25.2 Å². The molecule has 0 radical (unpaired) electrons. The Labute approximate surface area is 119 Å². The minimum atomic E-state index is -0.765. The highest BCUT2D eigenvalue weighted by molar-refractivity contribution is 7.84. The molecule has 1 fully saturated rings. The van der Waals surface area contributed by atoms with Crippen molar-refractivity contribution in [2.75, 3.05) is 12.8 Å². The molecule has 2 atom stereocenters. The third-order valence-corrected chi connectivity index (χ3v) is 5.51. The second-order valence-electron chi connectivity index (χ2n) is 5.53. The standard InChI is InChI=1S/C16H25NOS/c1-17-16(15-10-6-3-7-11-15)13-19(18)12-14-8-4-2-5-9-14/h2,4-5,8-9,15-17H,3,6-7,10-13H2,1H3. The van der Waals surface area contributed by atoms with Gasteiger partial charge < -0.3 is 5.32 Å². The molecule has 0 spiro atoms. The molecule has 0 aliphatic heterocycles. The van der Waals surface area contributed by atoms with Crippen molar-refractivity contribution in [1.29, 1.82) is 0 Å². The van der Waals surface area contributed by atoms with E-state index >= 15 is 0 Å². The first-order chi connectivity index (χ1) is 9.29. The van der Waals surface area contributed by atoms with Crippen LogP contribution in [0.25, 0.3) is 0 Å². The Morgan fingerprint density at radius 2 is 1.89 bits per heavy atom. The number of hydrogen-bond acceptors (Lipinski definition) is 2. The highest BCUT2D eigenvalue weighted by Gasteiger charge is 2.23. The van der Waals surface area contributed by atoms with Gasteiger partial charge in [0.15, 0.2) is 0 Å². The van der Waals surface area contributed by atoms with Gasteiger partial charge in [-0.2, -0.15) is 0 Å². The van der Waals surface area contributed by atoms with E-state index in [9.17, 15) is 4.21 Å². The summed E-state index contributed by atoms with van der Waals surface area (Å²) in [6, 6.07) is 10.6. The smallest absolute Gasteiger partial charge is 0.0486 e. The van der Waals surface area contributed by atoms with Crippen LogP contribution in [0.3, 0.4) is 0 Å². The van der Waals surface area contributed by atoms with Crippen LogP contribution < -0.4 is 5.32 Å². The maximum absolute atomic E-state index is 12.3. The maximum atomic E-state index is 12.3. The second-order valence-corrected chi connectivity index (χ2v) is 7.03. The van der Waals surface area contributed by atoms with Crippen molar-refractivity contribution in [1.82, 2.24) is 5.32 Å². The van der Waals surface area contributed by atoms with E-state index in [0.717, 1.165) is 11.7 Å². The van der Waals surface area contributed by atoms with Crippen molar-refractivity contribution in [2.24, 2.45) is 5.92 Å². The zero-order chi connectivity index (χ0) is 13.5. The third kappa shape index (κ3) is 4.73. The van der Waals surface area contributed by atoms with E-state index < -0.39 is 10.8 Å². The van der Waals surface area contributed by atoms with Gasteiger partial charge in [-0.1, -0.05) is 49.6 Å². The van der Waals surface area contributed by atoms with Crippen LogP contribution in [0.1, 0.15) is 37.7 Å². The van der Waals surface area contributed by atoms with Crippen LogP contribution in [0.2, 0.25) is 0 Å². The largest absolute Gasteiger partial charge is 0.316 e. The van der Waals surface area contributed by atoms with Crippen molar-refractivity contribution in [3.63, 3.8) is 0 Å². The Balaban J connectivity index is 1.85. The lowest BCUT2D eigenvalue weighted by Gasteiger charge is -2.29. The molecule has 1 aromatic carbocycles. The molecule has 106 valence electrons. The molecule has 3 heteroatoms. The second kappa shape index (κ2) is 7.81. The predicted octanol–water partition coefficient (Wildman–Crippen LogP) is 3.10. The van der Waals surface area contributed by atoms with E-state index in [1.165, 1.54) is 37.7 Å². The summed E-state index contributed by atoms with van der Waals surface area (Å²) in [6.45, 7) is 0. The van der Waals surface area contributed by atoms with Crippen LogP contribution in [-0.2, 0) is 16.6 Å². The number of hydrogen-bond donors (Lipinski definition) is 1. The minimum Gasteiger partial charge on any atom is -0.316 e. The van der Waals surface area contributed by atoms with E-state index in [4.69, 9.17) is 0 Å². The van der Waals surface area contributed by atoms with Crippen LogP contribution >= 0.6 is 0 Å². The minimum absolute atomic E-state index is 0.421.